The summed E-state index contributed by atoms with van der Waals surface area (Å²) < 4.78 is 0.807. The zero-order valence-corrected chi connectivity index (χ0v) is 9.78. The average molecular weight is 275 g/mol. The Hall–Kier alpha value is -0.980. The summed E-state index contributed by atoms with van der Waals surface area (Å²) in [5.41, 5.74) is 3.32. The van der Waals surface area contributed by atoms with E-state index in [-0.39, 0.29) is 5.69 Å². The Balaban J connectivity index is 2.82. The molecule has 5 nitrogen and oxygen atoms in total. The Morgan fingerprint density at radius 3 is 2.93 bits per heavy atom. The van der Waals surface area contributed by atoms with Gasteiger partial charge in [0.05, 0.1) is 18.1 Å². The summed E-state index contributed by atoms with van der Waals surface area (Å²) in [6.07, 6.45) is 0. The molecule has 82 valence electrons. The fraction of sp³-hybridized carbons (Fsp3) is 0.333. The monoisotopic (exact) mass is 274 g/mol. The molecule has 0 aromatic heterocycles. The quantitative estimate of drug-likeness (QED) is 0.509. The van der Waals surface area contributed by atoms with Crippen molar-refractivity contribution in [3.63, 3.8) is 0 Å². The van der Waals surface area contributed by atoms with E-state index in [0.29, 0.717) is 18.7 Å². The predicted molar refractivity (Wildman–Crippen MR) is 59.3 cm³/mol. The second-order valence-electron chi connectivity index (χ2n) is 2.78. The summed E-state index contributed by atoms with van der Waals surface area (Å²) in [4.78, 5) is 15.2. The number of rotatable bonds is 5. The molecular formula is C9H11BrN2O3. The molecule has 0 spiro atoms. The number of nitro groups is 1. The molecule has 1 rings (SSSR count). The van der Waals surface area contributed by atoms with E-state index in [0.717, 1.165) is 4.47 Å². The topological polar surface area (TPSA) is 64.4 Å². The first-order valence-electron chi connectivity index (χ1n) is 4.42. The van der Waals surface area contributed by atoms with Crippen LogP contribution >= 0.6 is 15.9 Å². The van der Waals surface area contributed by atoms with Crippen LogP contribution in [-0.2, 0) is 11.4 Å². The summed E-state index contributed by atoms with van der Waals surface area (Å²) in [6.45, 7) is 2.66. The largest absolute Gasteiger partial charge is 0.302 e. The maximum Gasteiger partial charge on any atom is 0.274 e. The van der Waals surface area contributed by atoms with E-state index in [1.807, 2.05) is 6.92 Å². The summed E-state index contributed by atoms with van der Waals surface area (Å²) >= 11 is 3.26. The lowest BCUT2D eigenvalue weighted by atomic mass is 10.2. The third-order valence-electron chi connectivity index (χ3n) is 1.75. The van der Waals surface area contributed by atoms with Gasteiger partial charge in [-0.25, -0.2) is 0 Å². The van der Waals surface area contributed by atoms with Crippen molar-refractivity contribution in [2.45, 2.75) is 13.5 Å². The summed E-state index contributed by atoms with van der Waals surface area (Å²) in [7, 11) is 0. The van der Waals surface area contributed by atoms with Gasteiger partial charge in [0.1, 0.15) is 0 Å². The normalized spacial score (nSPS) is 10.3. The molecule has 0 aliphatic rings. The molecule has 0 atom stereocenters. The number of nitrogens with zero attached hydrogens (tertiary/aromatic N) is 1. The lowest BCUT2D eigenvalue weighted by molar-refractivity contribution is -0.385. The van der Waals surface area contributed by atoms with Crippen LogP contribution in [0.1, 0.15) is 12.5 Å². The number of nitrogens with one attached hydrogen (secondary N) is 1. The van der Waals surface area contributed by atoms with Crippen molar-refractivity contribution in [2.24, 2.45) is 0 Å². The van der Waals surface area contributed by atoms with E-state index < -0.39 is 4.92 Å². The molecule has 0 radical (unpaired) electrons. The van der Waals surface area contributed by atoms with Gasteiger partial charge in [-0.3, -0.25) is 10.1 Å². The fourth-order valence-electron chi connectivity index (χ4n) is 1.10. The van der Waals surface area contributed by atoms with Crippen LogP contribution in [0.25, 0.3) is 0 Å². The second-order valence-corrected chi connectivity index (χ2v) is 3.70. The second kappa shape index (κ2) is 5.79. The van der Waals surface area contributed by atoms with E-state index in [1.165, 1.54) is 6.07 Å². The number of hydrogen-bond donors (Lipinski definition) is 1. The molecule has 0 bridgehead atoms. The smallest absolute Gasteiger partial charge is 0.274 e. The number of hydrogen-bond acceptors (Lipinski definition) is 4. The minimum absolute atomic E-state index is 0.0883. The van der Waals surface area contributed by atoms with Gasteiger partial charge in [-0.2, -0.15) is 5.48 Å². The summed E-state index contributed by atoms with van der Waals surface area (Å²) in [6, 6.07) is 4.81. The number of hydroxylamine groups is 1. The molecule has 0 amide bonds. The summed E-state index contributed by atoms with van der Waals surface area (Å²) in [5, 5.41) is 10.7. The molecule has 6 heteroatoms. The van der Waals surface area contributed by atoms with Crippen molar-refractivity contribution in [3.05, 3.63) is 38.3 Å². The van der Waals surface area contributed by atoms with E-state index in [9.17, 15) is 10.1 Å². The van der Waals surface area contributed by atoms with E-state index in [1.54, 1.807) is 12.1 Å². The molecule has 1 N–H and O–H groups in total. The minimum atomic E-state index is -0.407. The van der Waals surface area contributed by atoms with E-state index in [2.05, 4.69) is 21.4 Å². The lowest BCUT2D eigenvalue weighted by Gasteiger charge is -2.05. The first-order chi connectivity index (χ1) is 7.15. The maximum atomic E-state index is 10.7. The zero-order valence-electron chi connectivity index (χ0n) is 8.20. The van der Waals surface area contributed by atoms with Crippen LogP contribution < -0.4 is 5.48 Å². The predicted octanol–water partition coefficient (Wildman–Crippen LogP) is 2.40. The minimum Gasteiger partial charge on any atom is -0.302 e. The van der Waals surface area contributed by atoms with Crippen LogP contribution in [0, 0.1) is 10.1 Å². The molecule has 0 saturated heterocycles. The summed E-state index contributed by atoms with van der Waals surface area (Å²) in [5.74, 6) is 0. The SMILES string of the molecule is CCONCc1cc(Br)ccc1[N+](=O)[O-]. The van der Waals surface area contributed by atoms with E-state index >= 15 is 0 Å². The van der Waals surface area contributed by atoms with Crippen molar-refractivity contribution < 1.29 is 9.76 Å². The number of nitro benzene ring substituents is 1. The molecule has 0 heterocycles. The van der Waals surface area contributed by atoms with E-state index in [4.69, 9.17) is 4.84 Å². The highest BCUT2D eigenvalue weighted by molar-refractivity contribution is 9.10. The Bertz CT molecular complexity index is 357. The van der Waals surface area contributed by atoms with Gasteiger partial charge in [0.2, 0.25) is 0 Å². The first kappa shape index (κ1) is 12.1. The average Bonchev–Trinajstić information content (AvgIpc) is 2.18. The van der Waals surface area contributed by atoms with Crippen LogP contribution in [0.2, 0.25) is 0 Å². The van der Waals surface area contributed by atoms with Crippen molar-refractivity contribution in [1.29, 1.82) is 0 Å². The molecule has 0 unspecified atom stereocenters. The van der Waals surface area contributed by atoms with Gasteiger partial charge in [0.25, 0.3) is 5.69 Å². The van der Waals surface area contributed by atoms with Crippen molar-refractivity contribution in [3.8, 4) is 0 Å². The van der Waals surface area contributed by atoms with Gasteiger partial charge in [0, 0.05) is 16.1 Å². The molecular weight excluding hydrogens is 264 g/mol. The third kappa shape index (κ3) is 3.58. The molecule has 1 aromatic carbocycles. The van der Waals surface area contributed by atoms with Crippen LogP contribution in [0.4, 0.5) is 5.69 Å². The van der Waals surface area contributed by atoms with Gasteiger partial charge < -0.3 is 4.84 Å². The highest BCUT2D eigenvalue weighted by Gasteiger charge is 2.12. The van der Waals surface area contributed by atoms with Gasteiger partial charge in [-0.15, -0.1) is 0 Å². The molecule has 1 aromatic rings. The van der Waals surface area contributed by atoms with Crippen molar-refractivity contribution in [2.75, 3.05) is 6.61 Å². The standard InChI is InChI=1S/C9H11BrN2O3/c1-2-15-11-6-7-5-8(10)3-4-9(7)12(13)14/h3-5,11H,2,6H2,1H3. The zero-order chi connectivity index (χ0) is 11.3. The Kier molecular flexibility index (Phi) is 4.67. The van der Waals surface area contributed by atoms with Gasteiger partial charge in [0.15, 0.2) is 0 Å². The molecule has 0 aliphatic carbocycles. The fourth-order valence-corrected chi connectivity index (χ4v) is 1.51. The van der Waals surface area contributed by atoms with Crippen LogP contribution in [0.3, 0.4) is 0 Å². The van der Waals surface area contributed by atoms with Crippen LogP contribution in [-0.4, -0.2) is 11.5 Å². The molecule has 0 aliphatic heterocycles. The number of halogens is 1. The highest BCUT2D eigenvalue weighted by Crippen LogP contribution is 2.22. The molecule has 0 saturated carbocycles. The first-order valence-corrected chi connectivity index (χ1v) is 5.22. The molecule has 15 heavy (non-hydrogen) atoms. The Labute approximate surface area is 95.7 Å². The highest BCUT2D eigenvalue weighted by atomic mass is 79.9. The maximum absolute atomic E-state index is 10.7. The third-order valence-corrected chi connectivity index (χ3v) is 2.24. The Morgan fingerprint density at radius 1 is 1.60 bits per heavy atom. The number of benzene rings is 1. The lowest BCUT2D eigenvalue weighted by Crippen LogP contribution is -2.14. The van der Waals surface area contributed by atoms with Gasteiger partial charge >= 0.3 is 0 Å². The van der Waals surface area contributed by atoms with Crippen LogP contribution in [0.5, 0.6) is 0 Å². The van der Waals surface area contributed by atoms with Crippen molar-refractivity contribution >= 4 is 21.6 Å². The Morgan fingerprint density at radius 2 is 2.33 bits per heavy atom. The molecule has 0 fully saturated rings. The van der Waals surface area contributed by atoms with Gasteiger partial charge in [-0.05, 0) is 19.1 Å². The van der Waals surface area contributed by atoms with Gasteiger partial charge in [-0.1, -0.05) is 15.9 Å². The van der Waals surface area contributed by atoms with Crippen LogP contribution in [0.15, 0.2) is 22.7 Å². The van der Waals surface area contributed by atoms with Crippen molar-refractivity contribution in [1.82, 2.24) is 5.48 Å².